The molecule has 0 aliphatic carbocycles. The Kier molecular flexibility index (Phi) is 9.78. The second kappa shape index (κ2) is 13.4. The molecule has 212 valence electrons. The van der Waals surface area contributed by atoms with Crippen molar-refractivity contribution >= 4 is 17.8 Å². The Bertz CT molecular complexity index is 1270. The molecule has 0 saturated carbocycles. The van der Waals surface area contributed by atoms with Crippen LogP contribution in [0.2, 0.25) is 0 Å². The Labute approximate surface area is 232 Å². The van der Waals surface area contributed by atoms with Gasteiger partial charge in [0.15, 0.2) is 18.0 Å². The molecule has 3 atom stereocenters. The maximum absolute atomic E-state index is 9.77. The van der Waals surface area contributed by atoms with Gasteiger partial charge in [0.2, 0.25) is 0 Å². The van der Waals surface area contributed by atoms with Crippen molar-refractivity contribution in [3.8, 4) is 11.3 Å². The van der Waals surface area contributed by atoms with E-state index < -0.39 is 24.1 Å². The molecule has 1 aromatic heterocycles. The van der Waals surface area contributed by atoms with Gasteiger partial charge in [0.1, 0.15) is 0 Å². The van der Waals surface area contributed by atoms with Crippen LogP contribution in [-0.4, -0.2) is 99.6 Å². The third kappa shape index (κ3) is 7.19. The van der Waals surface area contributed by atoms with E-state index in [4.69, 9.17) is 25.2 Å². The zero-order valence-corrected chi connectivity index (χ0v) is 22.3. The van der Waals surface area contributed by atoms with Crippen LogP contribution in [0.5, 0.6) is 0 Å². The van der Waals surface area contributed by atoms with Gasteiger partial charge in [-0.2, -0.15) is 0 Å². The zero-order chi connectivity index (χ0) is 28.6. The number of morpholine rings is 1. The second-order valence-corrected chi connectivity index (χ2v) is 9.85. The van der Waals surface area contributed by atoms with E-state index in [-0.39, 0.29) is 0 Å². The minimum absolute atomic E-state index is 0.440. The van der Waals surface area contributed by atoms with E-state index in [0.29, 0.717) is 5.92 Å². The topological polar surface area (TPSA) is 157 Å². The molecule has 2 aliphatic heterocycles. The van der Waals surface area contributed by atoms with E-state index in [2.05, 4.69) is 87.7 Å². The first-order valence-electron chi connectivity index (χ1n) is 13.1. The molecular formula is C29H34N4O7. The summed E-state index contributed by atoms with van der Waals surface area (Å²) in [5, 5.41) is 41.6. The number of hydrogen-bond acceptors (Lipinski definition) is 9. The second-order valence-electron chi connectivity index (χ2n) is 9.85. The zero-order valence-electron chi connectivity index (χ0n) is 22.3. The van der Waals surface area contributed by atoms with Crippen LogP contribution in [0, 0.1) is 0 Å². The highest BCUT2D eigenvalue weighted by molar-refractivity contribution is 5.83. The number of aliphatic carboxylic acids is 2. The maximum atomic E-state index is 9.77. The number of aromatic nitrogens is 2. The van der Waals surface area contributed by atoms with Crippen molar-refractivity contribution in [2.24, 2.45) is 0 Å². The van der Waals surface area contributed by atoms with Gasteiger partial charge in [-0.25, -0.2) is 9.59 Å². The van der Waals surface area contributed by atoms with Crippen molar-refractivity contribution in [2.75, 3.05) is 44.8 Å². The lowest BCUT2D eigenvalue weighted by molar-refractivity contribution is -0.165. The highest BCUT2D eigenvalue weighted by Crippen LogP contribution is 2.35. The summed E-state index contributed by atoms with van der Waals surface area (Å²) >= 11 is 0. The molecule has 11 nitrogen and oxygen atoms in total. The van der Waals surface area contributed by atoms with Crippen LogP contribution in [0.25, 0.3) is 11.3 Å². The Morgan fingerprint density at radius 2 is 1.57 bits per heavy atom. The molecule has 0 spiro atoms. The lowest BCUT2D eigenvalue weighted by Crippen LogP contribution is -2.39. The molecule has 11 heteroatoms. The van der Waals surface area contributed by atoms with Crippen molar-refractivity contribution in [3.05, 3.63) is 77.4 Å². The van der Waals surface area contributed by atoms with Crippen LogP contribution < -0.4 is 4.90 Å². The van der Waals surface area contributed by atoms with Gasteiger partial charge in [0.25, 0.3) is 0 Å². The van der Waals surface area contributed by atoms with Gasteiger partial charge in [-0.3, -0.25) is 0 Å². The average Bonchev–Trinajstić information content (AvgIpc) is 3.15. The molecule has 2 aromatic carbocycles. The fraction of sp³-hybridized carbons (Fsp3) is 0.379. The van der Waals surface area contributed by atoms with Crippen molar-refractivity contribution in [3.63, 3.8) is 0 Å². The smallest absolute Gasteiger partial charge is 0.335 e. The number of nitrogens with zero attached hydrogens (tertiary/aromatic N) is 4. The molecule has 5 rings (SSSR count). The average molecular weight is 551 g/mol. The van der Waals surface area contributed by atoms with Crippen molar-refractivity contribution in [1.29, 1.82) is 0 Å². The summed E-state index contributed by atoms with van der Waals surface area (Å²) in [5.41, 5.74) is 6.29. The van der Waals surface area contributed by atoms with Crippen LogP contribution in [0.3, 0.4) is 0 Å². The van der Waals surface area contributed by atoms with E-state index in [1.807, 2.05) is 0 Å². The maximum Gasteiger partial charge on any atom is 0.335 e. The molecule has 0 radical (unpaired) electrons. The number of aliphatic hydroxyl groups is 2. The van der Waals surface area contributed by atoms with Crippen molar-refractivity contribution in [2.45, 2.75) is 31.1 Å². The minimum atomic E-state index is -2.27. The Morgan fingerprint density at radius 1 is 0.900 bits per heavy atom. The molecule has 0 amide bonds. The van der Waals surface area contributed by atoms with Gasteiger partial charge in [0, 0.05) is 31.1 Å². The Balaban J connectivity index is 0.000000318. The number of rotatable bonds is 6. The van der Waals surface area contributed by atoms with E-state index in [9.17, 15) is 9.59 Å². The third-order valence-corrected chi connectivity index (χ3v) is 7.05. The largest absolute Gasteiger partial charge is 0.479 e. The van der Waals surface area contributed by atoms with Crippen LogP contribution in [-0.2, 0) is 20.9 Å². The number of hydrogen-bond donors (Lipinski definition) is 4. The SMILES string of the molecule is CN1CCC(c2ccccc2)c2ccc(-c3ccc(N4CCOCC4)nn3)cc2C1.O=C(O)[C@H](O)[C@@H](O)C(=O)O. The van der Waals surface area contributed by atoms with Crippen LogP contribution in [0.4, 0.5) is 5.82 Å². The van der Waals surface area contributed by atoms with Crippen LogP contribution in [0.1, 0.15) is 29.0 Å². The summed E-state index contributed by atoms with van der Waals surface area (Å²) in [5.74, 6) is -2.17. The quantitative estimate of drug-likeness (QED) is 0.355. The predicted octanol–water partition coefficient (Wildman–Crippen LogP) is 1.82. The van der Waals surface area contributed by atoms with Gasteiger partial charge in [-0.05, 0) is 54.9 Å². The number of ether oxygens (including phenoxy) is 1. The number of carboxylic acid groups (broad SMARTS) is 2. The lowest BCUT2D eigenvalue weighted by atomic mass is 9.86. The summed E-state index contributed by atoms with van der Waals surface area (Å²) in [7, 11) is 2.21. The fourth-order valence-corrected chi connectivity index (χ4v) is 4.86. The standard InChI is InChI=1S/C25H28N4O.C4H6O6/c1-28-12-11-23(19-5-3-2-4-6-19)22-8-7-20(17-21(22)18-28)24-9-10-25(27-26-24)29-13-15-30-16-14-29;5-1(3(7)8)2(6)4(9)10/h2-10,17,23H,11-16,18H2,1H3;1-2,5-6H,(H,7,8)(H,9,10)/t;1-,2-/m.1/s1. The number of fused-ring (bicyclic) bond motifs is 1. The van der Waals surface area contributed by atoms with Gasteiger partial charge in [0.05, 0.1) is 18.9 Å². The molecule has 1 fully saturated rings. The highest BCUT2D eigenvalue weighted by atomic mass is 16.5. The summed E-state index contributed by atoms with van der Waals surface area (Å²) in [6, 6.07) is 21.9. The first kappa shape index (κ1) is 29.1. The number of benzene rings is 2. The molecule has 1 unspecified atom stereocenters. The number of carbonyl (C=O) groups is 2. The van der Waals surface area contributed by atoms with E-state index >= 15 is 0 Å². The summed E-state index contributed by atoms with van der Waals surface area (Å²) in [4.78, 5) is 24.2. The molecule has 0 bridgehead atoms. The van der Waals surface area contributed by atoms with E-state index in [1.54, 1.807) is 0 Å². The molecule has 1 saturated heterocycles. The first-order chi connectivity index (χ1) is 19.2. The molecular weight excluding hydrogens is 516 g/mol. The van der Waals surface area contributed by atoms with Crippen molar-refractivity contribution < 1.29 is 34.8 Å². The van der Waals surface area contributed by atoms with Gasteiger partial charge < -0.3 is 35.0 Å². The predicted molar refractivity (Wildman–Crippen MR) is 147 cm³/mol. The molecule has 3 heterocycles. The summed E-state index contributed by atoms with van der Waals surface area (Å²) in [6.45, 7) is 5.32. The monoisotopic (exact) mass is 550 g/mol. The first-order valence-corrected chi connectivity index (χ1v) is 13.1. The number of aliphatic hydroxyl groups excluding tert-OH is 2. The molecule has 40 heavy (non-hydrogen) atoms. The molecule has 4 N–H and O–H groups in total. The summed E-state index contributed by atoms with van der Waals surface area (Å²) in [6.07, 6.45) is -3.39. The number of carboxylic acids is 2. The van der Waals surface area contributed by atoms with Gasteiger partial charge in [-0.15, -0.1) is 10.2 Å². The van der Waals surface area contributed by atoms with Gasteiger partial charge >= 0.3 is 11.9 Å². The third-order valence-electron chi connectivity index (χ3n) is 7.05. The minimum Gasteiger partial charge on any atom is -0.479 e. The fourth-order valence-electron chi connectivity index (χ4n) is 4.86. The van der Waals surface area contributed by atoms with Crippen LogP contribution >= 0.6 is 0 Å². The highest BCUT2D eigenvalue weighted by Gasteiger charge is 2.29. The lowest BCUT2D eigenvalue weighted by Gasteiger charge is -2.27. The number of anilines is 1. The Hall–Kier alpha value is -3.90. The molecule has 2 aliphatic rings. The normalized spacial score (nSPS) is 18.9. The van der Waals surface area contributed by atoms with E-state index in [1.165, 1.54) is 16.7 Å². The van der Waals surface area contributed by atoms with Crippen LogP contribution in [0.15, 0.2) is 60.7 Å². The molecule has 3 aromatic rings. The van der Waals surface area contributed by atoms with Gasteiger partial charge in [-0.1, -0.05) is 42.5 Å². The van der Waals surface area contributed by atoms with E-state index in [0.717, 1.165) is 62.9 Å². The Morgan fingerprint density at radius 3 is 2.17 bits per heavy atom. The van der Waals surface area contributed by atoms with Crippen molar-refractivity contribution in [1.82, 2.24) is 15.1 Å². The summed E-state index contributed by atoms with van der Waals surface area (Å²) < 4.78 is 5.43.